The lowest BCUT2D eigenvalue weighted by atomic mass is 10.1. The molecule has 0 bridgehead atoms. The van der Waals surface area contributed by atoms with Crippen LogP contribution in [-0.2, 0) is 27.3 Å². The Morgan fingerprint density at radius 2 is 1.93 bits per heavy atom. The number of carbonyl (C=O) groups is 2. The lowest BCUT2D eigenvalue weighted by Gasteiger charge is -2.06. The molecular weight excluding hydrogens is 402 g/mol. The van der Waals surface area contributed by atoms with E-state index in [9.17, 15) is 9.59 Å². The number of hydrogen-bond donors (Lipinski definition) is 1. The van der Waals surface area contributed by atoms with Crippen LogP contribution < -0.4 is 5.32 Å². The summed E-state index contributed by atoms with van der Waals surface area (Å²) in [6.07, 6.45) is 4.02. The molecule has 1 aromatic carbocycles. The molecule has 1 heterocycles. The van der Waals surface area contributed by atoms with Crippen molar-refractivity contribution in [2.45, 2.75) is 47.1 Å². The predicted molar refractivity (Wildman–Crippen MR) is 119 cm³/mol. The summed E-state index contributed by atoms with van der Waals surface area (Å²) in [6, 6.07) is 8.11. The fourth-order valence-electron chi connectivity index (χ4n) is 2.87. The highest BCUT2D eigenvalue weighted by Gasteiger charge is 2.12. The molecule has 0 unspecified atom stereocenters. The van der Waals surface area contributed by atoms with Gasteiger partial charge < -0.3 is 10.1 Å². The van der Waals surface area contributed by atoms with Gasteiger partial charge in [-0.2, -0.15) is 5.10 Å². The number of ether oxygens (including phenoxy) is 1. The maximum absolute atomic E-state index is 11.9. The Hall–Kier alpha value is -2.60. The van der Waals surface area contributed by atoms with E-state index in [0.717, 1.165) is 11.3 Å². The standard InChI is InChI=1S/C23H30ClN3O3/c1-16(2)15-27-23(24)20(18(4)26-27)10-12-22(29)30-14-13-25-21(28)11-9-19-7-5-17(3)6-8-19/h5-8,10,12,16H,9,11,13-15H2,1-4H3,(H,25,28)/b12-10+. The highest BCUT2D eigenvalue weighted by molar-refractivity contribution is 6.31. The van der Waals surface area contributed by atoms with Gasteiger partial charge in [0.25, 0.3) is 0 Å². The number of nitrogens with one attached hydrogen (secondary N) is 1. The molecule has 1 amide bonds. The molecule has 1 N–H and O–H groups in total. The second-order valence-electron chi connectivity index (χ2n) is 7.70. The maximum Gasteiger partial charge on any atom is 0.330 e. The van der Waals surface area contributed by atoms with Crippen LogP contribution >= 0.6 is 11.6 Å². The van der Waals surface area contributed by atoms with Crippen molar-refractivity contribution in [2.75, 3.05) is 13.2 Å². The second kappa shape index (κ2) is 11.6. The van der Waals surface area contributed by atoms with E-state index in [4.69, 9.17) is 16.3 Å². The van der Waals surface area contributed by atoms with Crippen LogP contribution in [0.2, 0.25) is 5.15 Å². The molecule has 6 nitrogen and oxygen atoms in total. The van der Waals surface area contributed by atoms with Crippen LogP contribution in [0.3, 0.4) is 0 Å². The summed E-state index contributed by atoms with van der Waals surface area (Å²) < 4.78 is 6.87. The van der Waals surface area contributed by atoms with Gasteiger partial charge in [-0.15, -0.1) is 0 Å². The number of hydrogen-bond acceptors (Lipinski definition) is 4. The van der Waals surface area contributed by atoms with E-state index in [1.54, 1.807) is 10.8 Å². The molecule has 2 aromatic rings. The van der Waals surface area contributed by atoms with Gasteiger partial charge in [-0.25, -0.2) is 4.79 Å². The fraction of sp³-hybridized carbons (Fsp3) is 0.435. The van der Waals surface area contributed by atoms with E-state index in [-0.39, 0.29) is 19.1 Å². The summed E-state index contributed by atoms with van der Waals surface area (Å²) in [7, 11) is 0. The second-order valence-corrected chi connectivity index (χ2v) is 8.06. The third-order valence-electron chi connectivity index (χ3n) is 4.46. The number of amides is 1. The lowest BCUT2D eigenvalue weighted by Crippen LogP contribution is -2.28. The molecule has 0 radical (unpaired) electrons. The number of rotatable bonds is 10. The first-order chi connectivity index (χ1) is 14.3. The zero-order valence-electron chi connectivity index (χ0n) is 18.1. The molecule has 162 valence electrons. The Bertz CT molecular complexity index is 886. The summed E-state index contributed by atoms with van der Waals surface area (Å²) in [5, 5.41) is 7.66. The number of esters is 1. The molecule has 0 aliphatic carbocycles. The Labute approximate surface area is 183 Å². The fourth-order valence-corrected chi connectivity index (χ4v) is 3.17. The molecule has 0 atom stereocenters. The van der Waals surface area contributed by atoms with Gasteiger partial charge in [-0.05, 0) is 37.8 Å². The van der Waals surface area contributed by atoms with E-state index in [2.05, 4.69) is 24.3 Å². The van der Waals surface area contributed by atoms with E-state index in [1.165, 1.54) is 11.6 Å². The van der Waals surface area contributed by atoms with Gasteiger partial charge in [0.05, 0.1) is 12.2 Å². The van der Waals surface area contributed by atoms with Crippen LogP contribution in [-0.4, -0.2) is 34.8 Å². The van der Waals surface area contributed by atoms with Crippen LogP contribution in [0.5, 0.6) is 0 Å². The molecule has 7 heteroatoms. The number of aryl methyl sites for hydroxylation is 3. The summed E-state index contributed by atoms with van der Waals surface area (Å²) in [6.45, 7) is 9.14. The summed E-state index contributed by atoms with van der Waals surface area (Å²) in [4.78, 5) is 23.8. The average molecular weight is 432 g/mol. The Kier molecular flexibility index (Phi) is 9.12. The van der Waals surface area contributed by atoms with Crippen molar-refractivity contribution in [3.63, 3.8) is 0 Å². The van der Waals surface area contributed by atoms with Crippen molar-refractivity contribution in [3.8, 4) is 0 Å². The number of halogens is 1. The van der Waals surface area contributed by atoms with Gasteiger partial charge in [-0.3, -0.25) is 9.48 Å². The highest BCUT2D eigenvalue weighted by atomic mass is 35.5. The molecule has 0 saturated carbocycles. The lowest BCUT2D eigenvalue weighted by molar-refractivity contribution is -0.138. The SMILES string of the molecule is Cc1ccc(CCC(=O)NCCOC(=O)/C=C/c2c(C)nn(CC(C)C)c2Cl)cc1. The molecular formula is C23H30ClN3O3. The number of nitrogens with zero attached hydrogens (tertiary/aromatic N) is 2. The smallest absolute Gasteiger partial charge is 0.330 e. The first kappa shape index (κ1) is 23.7. The number of aromatic nitrogens is 2. The molecule has 0 aliphatic rings. The van der Waals surface area contributed by atoms with E-state index < -0.39 is 5.97 Å². The van der Waals surface area contributed by atoms with Crippen molar-refractivity contribution in [3.05, 3.63) is 57.9 Å². The van der Waals surface area contributed by atoms with E-state index in [1.807, 2.05) is 38.1 Å². The van der Waals surface area contributed by atoms with Crippen molar-refractivity contribution in [1.29, 1.82) is 0 Å². The topological polar surface area (TPSA) is 73.2 Å². The predicted octanol–water partition coefficient (Wildman–Crippen LogP) is 4.11. The average Bonchev–Trinajstić information content (AvgIpc) is 2.95. The Balaban J connectivity index is 1.70. The summed E-state index contributed by atoms with van der Waals surface area (Å²) >= 11 is 6.35. The normalized spacial score (nSPS) is 11.3. The Morgan fingerprint density at radius 3 is 2.60 bits per heavy atom. The Morgan fingerprint density at radius 1 is 1.23 bits per heavy atom. The van der Waals surface area contributed by atoms with Gasteiger partial charge in [0.15, 0.2) is 0 Å². The van der Waals surface area contributed by atoms with Crippen molar-refractivity contribution in [1.82, 2.24) is 15.1 Å². The van der Waals surface area contributed by atoms with Crippen LogP contribution in [0.4, 0.5) is 0 Å². The number of carbonyl (C=O) groups excluding carboxylic acids is 2. The molecule has 0 spiro atoms. The molecule has 30 heavy (non-hydrogen) atoms. The zero-order chi connectivity index (χ0) is 22.1. The van der Waals surface area contributed by atoms with E-state index >= 15 is 0 Å². The summed E-state index contributed by atoms with van der Waals surface area (Å²) in [5.74, 6) is -0.145. The summed E-state index contributed by atoms with van der Waals surface area (Å²) in [5.41, 5.74) is 3.78. The minimum Gasteiger partial charge on any atom is -0.461 e. The quantitative estimate of drug-likeness (QED) is 0.349. The molecule has 2 rings (SSSR count). The maximum atomic E-state index is 11.9. The first-order valence-corrected chi connectivity index (χ1v) is 10.5. The largest absolute Gasteiger partial charge is 0.461 e. The molecule has 0 aliphatic heterocycles. The first-order valence-electron chi connectivity index (χ1n) is 10.2. The van der Waals surface area contributed by atoms with Gasteiger partial charge in [0.1, 0.15) is 11.8 Å². The van der Waals surface area contributed by atoms with Crippen LogP contribution in [0.1, 0.15) is 42.7 Å². The molecule has 0 saturated heterocycles. The van der Waals surface area contributed by atoms with Gasteiger partial charge in [-0.1, -0.05) is 55.3 Å². The van der Waals surface area contributed by atoms with Crippen molar-refractivity contribution >= 4 is 29.6 Å². The molecule has 0 fully saturated rings. The van der Waals surface area contributed by atoms with Crippen molar-refractivity contribution < 1.29 is 14.3 Å². The highest BCUT2D eigenvalue weighted by Crippen LogP contribution is 2.22. The minimum absolute atomic E-state index is 0.0675. The third kappa shape index (κ3) is 7.67. The minimum atomic E-state index is -0.490. The van der Waals surface area contributed by atoms with Crippen LogP contribution in [0, 0.1) is 19.8 Å². The van der Waals surface area contributed by atoms with E-state index in [0.29, 0.717) is 36.0 Å². The van der Waals surface area contributed by atoms with Gasteiger partial charge in [0.2, 0.25) is 5.91 Å². The zero-order valence-corrected chi connectivity index (χ0v) is 18.8. The van der Waals surface area contributed by atoms with Crippen LogP contribution in [0.25, 0.3) is 6.08 Å². The number of benzene rings is 1. The van der Waals surface area contributed by atoms with Gasteiger partial charge >= 0.3 is 5.97 Å². The van der Waals surface area contributed by atoms with Crippen molar-refractivity contribution in [2.24, 2.45) is 5.92 Å². The monoisotopic (exact) mass is 431 g/mol. The van der Waals surface area contributed by atoms with Gasteiger partial charge in [0, 0.05) is 24.6 Å². The van der Waals surface area contributed by atoms with Crippen LogP contribution in [0.15, 0.2) is 30.3 Å². The third-order valence-corrected chi connectivity index (χ3v) is 4.86. The molecule has 1 aromatic heterocycles.